The molecule has 1 amide bonds. The van der Waals surface area contributed by atoms with Crippen molar-refractivity contribution in [3.8, 4) is 0 Å². The van der Waals surface area contributed by atoms with Gasteiger partial charge in [-0.15, -0.1) is 0 Å². The normalized spacial score (nSPS) is 18.8. The van der Waals surface area contributed by atoms with E-state index in [-0.39, 0.29) is 13.0 Å². The number of esters is 1. The molecule has 1 aliphatic rings. The van der Waals surface area contributed by atoms with Gasteiger partial charge in [-0.2, -0.15) is 0 Å². The highest BCUT2D eigenvalue weighted by molar-refractivity contribution is 5.80. The molecule has 1 heterocycles. The van der Waals surface area contributed by atoms with E-state index in [2.05, 4.69) is 62.5 Å². The van der Waals surface area contributed by atoms with Crippen LogP contribution in [0.25, 0.3) is 0 Å². The number of allylic oxidation sites excluding steroid dienone is 7. The standard InChI is InChI=1S/C72H133NO10/c1-4-7-10-13-16-19-22-25-27-29-31-32-33-35-36-38-41-44-47-50-53-56-59-65(76)71(80)73-63(64(75)58-55-52-49-46-43-40-24-21-18-15-12-9-6-3)62-81-72-70(69(79)68(78)66(61-74)82-72)83-67(77)60-57-54-51-48-45-42-39-37-34-30-28-26-23-20-17-14-11-8-5-2/h17,20,25-28,55,58,63-66,68-70,72,74-76,78-79H,4-16,18-19,21-24,29-54,56-57,59-62H2,1-3H3,(H,73,80)/b20-17-,27-25+,28-26-,58-55+. The Morgan fingerprint density at radius 1 is 0.470 bits per heavy atom. The van der Waals surface area contributed by atoms with Crippen LogP contribution in [-0.2, 0) is 23.8 Å². The lowest BCUT2D eigenvalue weighted by Gasteiger charge is -2.41. The van der Waals surface area contributed by atoms with E-state index in [4.69, 9.17) is 14.2 Å². The largest absolute Gasteiger partial charge is 0.454 e. The van der Waals surface area contributed by atoms with Crippen molar-refractivity contribution in [2.24, 2.45) is 0 Å². The molecule has 83 heavy (non-hydrogen) atoms. The first-order chi connectivity index (χ1) is 40.7. The molecule has 0 aromatic heterocycles. The van der Waals surface area contributed by atoms with Gasteiger partial charge in [-0.1, -0.05) is 294 Å². The van der Waals surface area contributed by atoms with Gasteiger partial charge in [0, 0.05) is 6.42 Å². The van der Waals surface area contributed by atoms with Crippen LogP contribution in [0.1, 0.15) is 335 Å². The number of carbonyl (C=O) groups excluding carboxylic acids is 2. The molecule has 0 aliphatic carbocycles. The molecule has 6 N–H and O–H groups in total. The molecule has 1 rings (SSSR count). The summed E-state index contributed by atoms with van der Waals surface area (Å²) >= 11 is 0. The third kappa shape index (κ3) is 47.4. The maximum absolute atomic E-state index is 13.5. The number of ether oxygens (including phenoxy) is 3. The first-order valence-corrected chi connectivity index (χ1v) is 35.4. The smallest absolute Gasteiger partial charge is 0.306 e. The van der Waals surface area contributed by atoms with Gasteiger partial charge >= 0.3 is 5.97 Å². The van der Waals surface area contributed by atoms with Crippen LogP contribution in [0, 0.1) is 0 Å². The van der Waals surface area contributed by atoms with E-state index >= 15 is 0 Å². The van der Waals surface area contributed by atoms with Crippen molar-refractivity contribution in [2.45, 2.75) is 384 Å². The van der Waals surface area contributed by atoms with Gasteiger partial charge in [-0.05, 0) is 83.5 Å². The molecule has 1 aliphatic heterocycles. The van der Waals surface area contributed by atoms with Crippen molar-refractivity contribution < 1.29 is 49.3 Å². The Kier molecular flexibility index (Phi) is 56.8. The summed E-state index contributed by atoms with van der Waals surface area (Å²) in [6, 6.07) is -1.02. The van der Waals surface area contributed by atoms with Gasteiger partial charge in [-0.25, -0.2) is 0 Å². The summed E-state index contributed by atoms with van der Waals surface area (Å²) < 4.78 is 17.7. The Hall–Kier alpha value is -2.38. The molecule has 486 valence electrons. The zero-order valence-corrected chi connectivity index (χ0v) is 54.1. The van der Waals surface area contributed by atoms with Crippen LogP contribution in [0.3, 0.4) is 0 Å². The van der Waals surface area contributed by atoms with Crippen molar-refractivity contribution >= 4 is 11.9 Å². The predicted octanol–water partition coefficient (Wildman–Crippen LogP) is 18.0. The first kappa shape index (κ1) is 78.6. The number of amides is 1. The molecule has 0 aromatic carbocycles. The number of aliphatic hydroxyl groups excluding tert-OH is 5. The molecule has 8 atom stereocenters. The average molecular weight is 1170 g/mol. The number of hydrogen-bond acceptors (Lipinski definition) is 10. The number of carbonyl (C=O) groups is 2. The van der Waals surface area contributed by atoms with E-state index in [9.17, 15) is 35.1 Å². The molecular weight excluding hydrogens is 1040 g/mol. The second-order valence-electron chi connectivity index (χ2n) is 24.6. The summed E-state index contributed by atoms with van der Waals surface area (Å²) in [5, 5.41) is 57.2. The maximum atomic E-state index is 13.5. The average Bonchev–Trinajstić information content (AvgIpc) is 3.58. The van der Waals surface area contributed by atoms with Gasteiger partial charge in [0.25, 0.3) is 0 Å². The lowest BCUT2D eigenvalue weighted by Crippen LogP contribution is -2.61. The molecule has 0 spiro atoms. The van der Waals surface area contributed by atoms with E-state index in [1.165, 1.54) is 218 Å². The summed E-state index contributed by atoms with van der Waals surface area (Å²) in [4.78, 5) is 26.7. The quantitative estimate of drug-likeness (QED) is 0.0195. The number of unbranched alkanes of at least 4 members (excludes halogenated alkanes) is 41. The van der Waals surface area contributed by atoms with Crippen molar-refractivity contribution in [3.05, 3.63) is 48.6 Å². The third-order valence-electron chi connectivity index (χ3n) is 16.7. The fraction of sp³-hybridized carbons (Fsp3) is 0.861. The summed E-state index contributed by atoms with van der Waals surface area (Å²) in [6.45, 7) is 5.81. The van der Waals surface area contributed by atoms with Gasteiger partial charge in [0.15, 0.2) is 12.4 Å². The minimum Gasteiger partial charge on any atom is -0.454 e. The first-order valence-electron chi connectivity index (χ1n) is 35.4. The molecule has 1 saturated heterocycles. The predicted molar refractivity (Wildman–Crippen MR) is 347 cm³/mol. The van der Waals surface area contributed by atoms with Gasteiger partial charge in [0.2, 0.25) is 5.91 Å². The molecule has 0 bridgehead atoms. The zero-order valence-electron chi connectivity index (χ0n) is 54.1. The summed E-state index contributed by atoms with van der Waals surface area (Å²) in [5.41, 5.74) is 0. The lowest BCUT2D eigenvalue weighted by molar-refractivity contribution is -0.305. The second kappa shape index (κ2) is 59.9. The van der Waals surface area contributed by atoms with Crippen molar-refractivity contribution in [2.75, 3.05) is 13.2 Å². The minimum atomic E-state index is -1.62. The molecule has 0 radical (unpaired) electrons. The fourth-order valence-electron chi connectivity index (χ4n) is 11.1. The topological polar surface area (TPSA) is 175 Å². The SMILES string of the molecule is CCCCC/C=C\C/C=C\CCCCCCCCCCCC(=O)OC1C(OCC(NC(=O)C(O)CCCCCCCCCCCCCC/C=C/CCCCCCCC)C(O)/C=C/CCCCCCCCCCCCC)OC(CO)C(O)C1O. The van der Waals surface area contributed by atoms with E-state index in [0.717, 1.165) is 70.6 Å². The van der Waals surface area contributed by atoms with Crippen molar-refractivity contribution in [3.63, 3.8) is 0 Å². The van der Waals surface area contributed by atoms with Crippen LogP contribution in [0.5, 0.6) is 0 Å². The van der Waals surface area contributed by atoms with Crippen LogP contribution in [0.2, 0.25) is 0 Å². The fourth-order valence-corrected chi connectivity index (χ4v) is 11.1. The Morgan fingerprint density at radius 3 is 1.27 bits per heavy atom. The number of aliphatic hydroxyl groups is 5. The van der Waals surface area contributed by atoms with E-state index in [0.29, 0.717) is 19.3 Å². The van der Waals surface area contributed by atoms with E-state index in [1.807, 2.05) is 6.08 Å². The Bertz CT molecular complexity index is 1540. The molecule has 11 heteroatoms. The lowest BCUT2D eigenvalue weighted by atomic mass is 9.99. The molecule has 0 saturated carbocycles. The Labute approximate surface area is 510 Å². The molecular formula is C72H133NO10. The molecule has 11 nitrogen and oxygen atoms in total. The zero-order chi connectivity index (χ0) is 60.3. The second-order valence-corrected chi connectivity index (χ2v) is 24.6. The van der Waals surface area contributed by atoms with Gasteiger partial charge in [0.1, 0.15) is 24.4 Å². The monoisotopic (exact) mass is 1170 g/mol. The van der Waals surface area contributed by atoms with Crippen LogP contribution >= 0.6 is 0 Å². The van der Waals surface area contributed by atoms with Crippen LogP contribution in [0.4, 0.5) is 0 Å². The van der Waals surface area contributed by atoms with Crippen LogP contribution < -0.4 is 5.32 Å². The molecule has 8 unspecified atom stereocenters. The van der Waals surface area contributed by atoms with Gasteiger partial charge in [0.05, 0.1) is 25.4 Å². The summed E-state index contributed by atoms with van der Waals surface area (Å²) in [6.07, 6.45) is 64.3. The van der Waals surface area contributed by atoms with Crippen LogP contribution in [-0.4, -0.2) is 99.6 Å². The summed E-state index contributed by atoms with van der Waals surface area (Å²) in [5.74, 6) is -1.19. The molecule has 0 aromatic rings. The van der Waals surface area contributed by atoms with Crippen molar-refractivity contribution in [1.29, 1.82) is 0 Å². The highest BCUT2D eigenvalue weighted by Crippen LogP contribution is 2.26. The van der Waals surface area contributed by atoms with Gasteiger partial charge < -0.3 is 45.1 Å². The number of hydrogen-bond donors (Lipinski definition) is 6. The third-order valence-corrected chi connectivity index (χ3v) is 16.7. The maximum Gasteiger partial charge on any atom is 0.306 e. The number of nitrogens with one attached hydrogen (secondary N) is 1. The van der Waals surface area contributed by atoms with E-state index in [1.54, 1.807) is 6.08 Å². The van der Waals surface area contributed by atoms with E-state index < -0.39 is 67.4 Å². The molecule has 1 fully saturated rings. The number of rotatable bonds is 61. The van der Waals surface area contributed by atoms with Gasteiger partial charge in [-0.3, -0.25) is 9.59 Å². The van der Waals surface area contributed by atoms with Crippen LogP contribution in [0.15, 0.2) is 48.6 Å². The highest BCUT2D eigenvalue weighted by Gasteiger charge is 2.47. The van der Waals surface area contributed by atoms with Crippen molar-refractivity contribution in [1.82, 2.24) is 5.32 Å². The Balaban J connectivity index is 2.60. The Morgan fingerprint density at radius 2 is 0.831 bits per heavy atom. The minimum absolute atomic E-state index is 0.120. The highest BCUT2D eigenvalue weighted by atomic mass is 16.7. The summed E-state index contributed by atoms with van der Waals surface area (Å²) in [7, 11) is 0.